The van der Waals surface area contributed by atoms with E-state index in [1.165, 1.54) is 25.6 Å². The van der Waals surface area contributed by atoms with Crippen LogP contribution in [0.4, 0.5) is 21.6 Å². The van der Waals surface area contributed by atoms with E-state index in [9.17, 15) is 9.18 Å². The second-order valence-corrected chi connectivity index (χ2v) is 5.65. The number of anilines is 3. The molecule has 132 valence electrons. The van der Waals surface area contributed by atoms with Crippen LogP contribution in [0.25, 0.3) is 10.9 Å². The van der Waals surface area contributed by atoms with Crippen molar-refractivity contribution in [2.24, 2.45) is 0 Å². The molecule has 1 amide bonds. The number of hydrogen-bond acceptors (Lipinski definition) is 5. The van der Waals surface area contributed by atoms with Gasteiger partial charge in [-0.05, 0) is 30.3 Å². The number of carbonyl (C=O) groups is 1. The second-order valence-electron chi connectivity index (χ2n) is 5.24. The first kappa shape index (κ1) is 17.6. The molecular weight excluding hydrogens is 359 g/mol. The summed E-state index contributed by atoms with van der Waals surface area (Å²) < 4.78 is 18.6. The van der Waals surface area contributed by atoms with Gasteiger partial charge < -0.3 is 15.4 Å². The van der Waals surface area contributed by atoms with Crippen LogP contribution in [0.3, 0.4) is 0 Å². The zero-order chi connectivity index (χ0) is 18.7. The Morgan fingerprint density at radius 3 is 2.81 bits per heavy atom. The van der Waals surface area contributed by atoms with Crippen LogP contribution in [0.2, 0.25) is 5.02 Å². The van der Waals surface area contributed by atoms with E-state index in [0.717, 1.165) is 6.08 Å². The van der Waals surface area contributed by atoms with Gasteiger partial charge in [-0.3, -0.25) is 4.79 Å². The van der Waals surface area contributed by atoms with E-state index in [-0.39, 0.29) is 10.9 Å². The molecule has 0 saturated heterocycles. The molecule has 0 aliphatic rings. The third kappa shape index (κ3) is 3.57. The summed E-state index contributed by atoms with van der Waals surface area (Å²) in [5, 5.41) is 6.37. The van der Waals surface area contributed by atoms with Gasteiger partial charge in [0.05, 0.1) is 23.3 Å². The van der Waals surface area contributed by atoms with Crippen molar-refractivity contribution in [1.82, 2.24) is 9.97 Å². The fraction of sp³-hybridized carbons (Fsp3) is 0.0556. The van der Waals surface area contributed by atoms with Gasteiger partial charge in [-0.15, -0.1) is 0 Å². The summed E-state index contributed by atoms with van der Waals surface area (Å²) >= 11 is 5.82. The quantitative estimate of drug-likeness (QED) is 0.653. The molecule has 0 atom stereocenters. The average Bonchev–Trinajstić information content (AvgIpc) is 2.64. The molecule has 0 fully saturated rings. The Morgan fingerprint density at radius 1 is 1.31 bits per heavy atom. The molecule has 0 aliphatic heterocycles. The van der Waals surface area contributed by atoms with Crippen LogP contribution < -0.4 is 15.4 Å². The van der Waals surface area contributed by atoms with Gasteiger partial charge in [0.15, 0.2) is 0 Å². The monoisotopic (exact) mass is 372 g/mol. The van der Waals surface area contributed by atoms with Crippen molar-refractivity contribution in [1.29, 1.82) is 0 Å². The highest BCUT2D eigenvalue weighted by atomic mass is 35.5. The molecule has 6 nitrogen and oxygen atoms in total. The SMILES string of the molecule is C=CC(=O)Nc1cc2c(Nc3ccc(F)c(Cl)c3)ncnc2cc1OC. The predicted molar refractivity (Wildman–Crippen MR) is 99.6 cm³/mol. The number of nitrogens with one attached hydrogen (secondary N) is 2. The Hall–Kier alpha value is -3.19. The molecule has 1 aromatic heterocycles. The maximum Gasteiger partial charge on any atom is 0.247 e. The molecule has 1 heterocycles. The predicted octanol–water partition coefficient (Wildman–Crippen LogP) is 4.30. The normalized spacial score (nSPS) is 10.4. The maximum atomic E-state index is 13.3. The Balaban J connectivity index is 2.07. The zero-order valence-corrected chi connectivity index (χ0v) is 14.5. The molecule has 0 bridgehead atoms. The molecular formula is C18H14ClFN4O2. The fourth-order valence-corrected chi connectivity index (χ4v) is 2.52. The number of amides is 1. The molecule has 0 radical (unpaired) electrons. The van der Waals surface area contributed by atoms with Crippen LogP contribution in [0, 0.1) is 5.82 Å². The minimum absolute atomic E-state index is 0.00559. The molecule has 8 heteroatoms. The van der Waals surface area contributed by atoms with Gasteiger partial charge in [-0.2, -0.15) is 0 Å². The number of hydrogen-bond donors (Lipinski definition) is 2. The third-order valence-corrected chi connectivity index (χ3v) is 3.87. The van der Waals surface area contributed by atoms with E-state index < -0.39 is 5.82 Å². The van der Waals surface area contributed by atoms with Crippen molar-refractivity contribution in [3.63, 3.8) is 0 Å². The van der Waals surface area contributed by atoms with Crippen LogP contribution in [-0.2, 0) is 4.79 Å². The van der Waals surface area contributed by atoms with Crippen LogP contribution >= 0.6 is 11.6 Å². The third-order valence-electron chi connectivity index (χ3n) is 3.58. The summed E-state index contributed by atoms with van der Waals surface area (Å²) in [4.78, 5) is 20.1. The first-order valence-corrected chi connectivity index (χ1v) is 7.88. The molecule has 3 aromatic rings. The number of rotatable bonds is 5. The second kappa shape index (κ2) is 7.37. The van der Waals surface area contributed by atoms with Gasteiger partial charge in [-0.25, -0.2) is 14.4 Å². The Kier molecular flexibility index (Phi) is 4.99. The average molecular weight is 373 g/mol. The van der Waals surface area contributed by atoms with Gasteiger partial charge in [0.25, 0.3) is 0 Å². The van der Waals surface area contributed by atoms with E-state index in [2.05, 4.69) is 27.2 Å². The Labute approximate surface area is 153 Å². The number of nitrogens with zero attached hydrogens (tertiary/aromatic N) is 2. The number of halogens is 2. The van der Waals surface area contributed by atoms with Crippen LogP contribution in [0.1, 0.15) is 0 Å². The summed E-state index contributed by atoms with van der Waals surface area (Å²) in [6, 6.07) is 7.61. The number of benzene rings is 2. The highest BCUT2D eigenvalue weighted by molar-refractivity contribution is 6.31. The van der Waals surface area contributed by atoms with Gasteiger partial charge in [0.2, 0.25) is 5.91 Å². The first-order chi connectivity index (χ1) is 12.5. The molecule has 2 N–H and O–H groups in total. The maximum absolute atomic E-state index is 13.3. The summed E-state index contributed by atoms with van der Waals surface area (Å²) in [5.74, 6) is 0.0276. The van der Waals surface area contributed by atoms with Gasteiger partial charge in [-0.1, -0.05) is 18.2 Å². The molecule has 3 rings (SSSR count). The largest absolute Gasteiger partial charge is 0.494 e. The van der Waals surface area contributed by atoms with Crippen molar-refractivity contribution in [3.05, 3.63) is 60.2 Å². The lowest BCUT2D eigenvalue weighted by Crippen LogP contribution is -2.09. The molecule has 0 aliphatic carbocycles. The highest BCUT2D eigenvalue weighted by Gasteiger charge is 2.12. The number of aromatic nitrogens is 2. The standard InChI is InChI=1S/C18H14ClFN4O2/c1-3-17(25)24-15-7-11-14(8-16(15)26-2)21-9-22-18(11)23-10-4-5-13(20)12(19)6-10/h3-9H,1H2,2H3,(H,24,25)(H,21,22,23). The lowest BCUT2D eigenvalue weighted by molar-refractivity contribution is -0.111. The minimum atomic E-state index is -0.510. The zero-order valence-electron chi connectivity index (χ0n) is 13.7. The molecule has 0 saturated carbocycles. The number of ether oxygens (including phenoxy) is 1. The molecule has 0 spiro atoms. The Morgan fingerprint density at radius 2 is 2.12 bits per heavy atom. The topological polar surface area (TPSA) is 76.1 Å². The highest BCUT2D eigenvalue weighted by Crippen LogP contribution is 2.33. The fourth-order valence-electron chi connectivity index (χ4n) is 2.34. The lowest BCUT2D eigenvalue weighted by Gasteiger charge is -2.13. The summed E-state index contributed by atoms with van der Waals surface area (Å²) in [6.45, 7) is 3.43. The van der Waals surface area contributed by atoms with Crippen molar-refractivity contribution in [2.45, 2.75) is 0 Å². The van der Waals surface area contributed by atoms with E-state index in [1.807, 2.05) is 0 Å². The van der Waals surface area contributed by atoms with Crippen molar-refractivity contribution in [3.8, 4) is 5.75 Å². The number of methoxy groups -OCH3 is 1. The van der Waals surface area contributed by atoms with E-state index >= 15 is 0 Å². The van der Waals surface area contributed by atoms with E-state index in [4.69, 9.17) is 16.3 Å². The Bertz CT molecular complexity index is 1010. The van der Waals surface area contributed by atoms with Gasteiger partial charge >= 0.3 is 0 Å². The lowest BCUT2D eigenvalue weighted by atomic mass is 10.2. The van der Waals surface area contributed by atoms with Crippen LogP contribution in [0.15, 0.2) is 49.3 Å². The van der Waals surface area contributed by atoms with Crippen molar-refractivity contribution in [2.75, 3.05) is 17.7 Å². The first-order valence-electron chi connectivity index (χ1n) is 7.50. The minimum Gasteiger partial charge on any atom is -0.494 e. The summed E-state index contributed by atoms with van der Waals surface area (Å²) in [5.41, 5.74) is 1.60. The van der Waals surface area contributed by atoms with Crippen LogP contribution in [0.5, 0.6) is 5.75 Å². The summed E-state index contributed by atoms with van der Waals surface area (Å²) in [7, 11) is 1.49. The molecule has 2 aromatic carbocycles. The molecule has 0 unspecified atom stereocenters. The van der Waals surface area contributed by atoms with Gasteiger partial charge in [0, 0.05) is 17.1 Å². The van der Waals surface area contributed by atoms with Crippen LogP contribution in [-0.4, -0.2) is 23.0 Å². The molecule has 26 heavy (non-hydrogen) atoms. The smallest absolute Gasteiger partial charge is 0.247 e. The van der Waals surface area contributed by atoms with E-state index in [0.29, 0.717) is 33.8 Å². The summed E-state index contributed by atoms with van der Waals surface area (Å²) in [6.07, 6.45) is 2.54. The van der Waals surface area contributed by atoms with Crippen molar-refractivity contribution >= 4 is 45.6 Å². The van der Waals surface area contributed by atoms with Gasteiger partial charge in [0.1, 0.15) is 23.7 Å². The number of fused-ring (bicyclic) bond motifs is 1. The van der Waals surface area contributed by atoms with E-state index in [1.54, 1.807) is 18.2 Å². The van der Waals surface area contributed by atoms with Crippen molar-refractivity contribution < 1.29 is 13.9 Å². The number of carbonyl (C=O) groups excluding carboxylic acids is 1.